The monoisotopic (exact) mass is 212 g/mol. The number of amides is 1. The van der Waals surface area contributed by atoms with Crippen LogP contribution in [0, 0.1) is 11.8 Å². The summed E-state index contributed by atoms with van der Waals surface area (Å²) in [4.78, 5) is 14.0. The van der Waals surface area contributed by atoms with Crippen molar-refractivity contribution < 1.29 is 4.79 Å². The zero-order chi connectivity index (χ0) is 11.4. The Morgan fingerprint density at radius 3 is 2.53 bits per heavy atom. The van der Waals surface area contributed by atoms with Gasteiger partial charge in [0.1, 0.15) is 0 Å². The van der Waals surface area contributed by atoms with Crippen LogP contribution >= 0.6 is 0 Å². The summed E-state index contributed by atoms with van der Waals surface area (Å²) in [6, 6.07) is 0.333. The molecule has 1 amide bonds. The van der Waals surface area contributed by atoms with Crippen molar-refractivity contribution in [2.45, 2.75) is 39.7 Å². The van der Waals surface area contributed by atoms with Gasteiger partial charge in [-0.3, -0.25) is 4.79 Å². The summed E-state index contributed by atoms with van der Waals surface area (Å²) in [6.45, 7) is 8.36. The molecule has 1 heterocycles. The smallest absolute Gasteiger partial charge is 0.226 e. The molecular formula is C12H24N2O. The lowest BCUT2D eigenvalue weighted by molar-refractivity contribution is -0.137. The maximum absolute atomic E-state index is 12.1. The second-order valence-electron chi connectivity index (χ2n) is 4.98. The van der Waals surface area contributed by atoms with Gasteiger partial charge in [-0.05, 0) is 32.2 Å². The largest absolute Gasteiger partial charge is 0.343 e. The van der Waals surface area contributed by atoms with Crippen LogP contribution in [0.15, 0.2) is 0 Å². The van der Waals surface area contributed by atoms with Crippen LogP contribution in [0.1, 0.15) is 33.6 Å². The highest BCUT2D eigenvalue weighted by Gasteiger charge is 2.27. The van der Waals surface area contributed by atoms with Gasteiger partial charge in [-0.25, -0.2) is 0 Å². The molecule has 1 rings (SSSR count). The maximum Gasteiger partial charge on any atom is 0.226 e. The molecule has 3 heteroatoms. The molecule has 3 nitrogen and oxygen atoms in total. The highest BCUT2D eigenvalue weighted by molar-refractivity contribution is 5.79. The summed E-state index contributed by atoms with van der Waals surface area (Å²) >= 11 is 0. The van der Waals surface area contributed by atoms with E-state index >= 15 is 0 Å². The number of piperidine rings is 1. The zero-order valence-electron chi connectivity index (χ0n) is 10.4. The normalized spacial score (nSPS) is 23.9. The summed E-state index contributed by atoms with van der Waals surface area (Å²) in [7, 11) is 1.93. The molecule has 1 fully saturated rings. The first-order valence-corrected chi connectivity index (χ1v) is 6.01. The van der Waals surface area contributed by atoms with Crippen LogP contribution in [0.5, 0.6) is 0 Å². The van der Waals surface area contributed by atoms with E-state index in [0.29, 0.717) is 17.9 Å². The molecular weight excluding hydrogens is 188 g/mol. The molecule has 1 saturated heterocycles. The number of carbonyl (C=O) groups is 1. The Balaban J connectivity index is 2.50. The van der Waals surface area contributed by atoms with E-state index in [4.69, 9.17) is 0 Å². The molecule has 0 spiro atoms. The van der Waals surface area contributed by atoms with Gasteiger partial charge < -0.3 is 10.2 Å². The zero-order valence-corrected chi connectivity index (χ0v) is 10.4. The molecule has 88 valence electrons. The Kier molecular flexibility index (Phi) is 4.58. The van der Waals surface area contributed by atoms with Crippen molar-refractivity contribution in [2.75, 3.05) is 20.1 Å². The third-order valence-electron chi connectivity index (χ3n) is 3.57. The second-order valence-corrected chi connectivity index (χ2v) is 4.98. The molecule has 1 aliphatic rings. The van der Waals surface area contributed by atoms with Gasteiger partial charge >= 0.3 is 0 Å². The molecule has 1 N–H and O–H groups in total. The number of hydrogen-bond acceptors (Lipinski definition) is 2. The third kappa shape index (κ3) is 3.20. The van der Waals surface area contributed by atoms with Gasteiger partial charge in [0.25, 0.3) is 0 Å². The van der Waals surface area contributed by atoms with Crippen LogP contribution in [0.2, 0.25) is 0 Å². The quantitative estimate of drug-likeness (QED) is 0.768. The van der Waals surface area contributed by atoms with Crippen molar-refractivity contribution in [3.8, 4) is 0 Å². The van der Waals surface area contributed by atoms with Crippen LogP contribution in [0.4, 0.5) is 0 Å². The van der Waals surface area contributed by atoms with Crippen LogP contribution < -0.4 is 5.32 Å². The minimum absolute atomic E-state index is 0.199. The van der Waals surface area contributed by atoms with Crippen LogP contribution in [0.3, 0.4) is 0 Å². The number of nitrogens with zero attached hydrogens (tertiary/aromatic N) is 1. The van der Waals surface area contributed by atoms with Gasteiger partial charge in [-0.15, -0.1) is 0 Å². The van der Waals surface area contributed by atoms with Crippen molar-refractivity contribution >= 4 is 5.91 Å². The number of rotatable bonds is 3. The first-order valence-electron chi connectivity index (χ1n) is 6.01. The van der Waals surface area contributed by atoms with Crippen molar-refractivity contribution in [1.82, 2.24) is 10.2 Å². The minimum atomic E-state index is 0.199. The van der Waals surface area contributed by atoms with E-state index in [-0.39, 0.29) is 5.92 Å². The van der Waals surface area contributed by atoms with Gasteiger partial charge in [-0.2, -0.15) is 0 Å². The maximum atomic E-state index is 12.1. The fraction of sp³-hybridized carbons (Fsp3) is 0.917. The first kappa shape index (κ1) is 12.5. The lowest BCUT2D eigenvalue weighted by Crippen LogP contribution is -2.46. The van der Waals surface area contributed by atoms with E-state index in [2.05, 4.69) is 26.1 Å². The van der Waals surface area contributed by atoms with E-state index in [1.807, 2.05) is 11.9 Å². The van der Waals surface area contributed by atoms with E-state index in [1.165, 1.54) is 0 Å². The molecule has 0 bridgehead atoms. The Morgan fingerprint density at radius 1 is 1.40 bits per heavy atom. The summed E-state index contributed by atoms with van der Waals surface area (Å²) in [5.41, 5.74) is 0. The SMILES string of the molecule is CC(C)C(C)N(C)C(=O)[C@H]1CCCNC1. The predicted molar refractivity (Wildman–Crippen MR) is 62.7 cm³/mol. The van der Waals surface area contributed by atoms with Gasteiger partial charge in [0.15, 0.2) is 0 Å². The van der Waals surface area contributed by atoms with E-state index in [0.717, 1.165) is 25.9 Å². The number of carbonyl (C=O) groups excluding carboxylic acids is 1. The average molecular weight is 212 g/mol. The Hall–Kier alpha value is -0.570. The highest BCUT2D eigenvalue weighted by atomic mass is 16.2. The van der Waals surface area contributed by atoms with Crippen LogP contribution in [0.25, 0.3) is 0 Å². The summed E-state index contributed by atoms with van der Waals surface area (Å²) in [5.74, 6) is 1.03. The highest BCUT2D eigenvalue weighted by Crippen LogP contribution is 2.16. The van der Waals surface area contributed by atoms with E-state index in [9.17, 15) is 4.79 Å². The Labute approximate surface area is 93.2 Å². The minimum Gasteiger partial charge on any atom is -0.343 e. The molecule has 0 radical (unpaired) electrons. The van der Waals surface area contributed by atoms with Crippen molar-refractivity contribution in [3.63, 3.8) is 0 Å². The molecule has 1 unspecified atom stereocenters. The molecule has 0 aliphatic carbocycles. The van der Waals surface area contributed by atoms with Gasteiger partial charge in [-0.1, -0.05) is 13.8 Å². The van der Waals surface area contributed by atoms with Crippen LogP contribution in [-0.2, 0) is 4.79 Å². The fourth-order valence-electron chi connectivity index (χ4n) is 2.00. The number of nitrogens with one attached hydrogen (secondary N) is 1. The first-order chi connectivity index (χ1) is 7.04. The predicted octanol–water partition coefficient (Wildman–Crippen LogP) is 1.49. The third-order valence-corrected chi connectivity index (χ3v) is 3.57. The van der Waals surface area contributed by atoms with E-state index in [1.54, 1.807) is 0 Å². The van der Waals surface area contributed by atoms with Crippen LogP contribution in [-0.4, -0.2) is 37.0 Å². The topological polar surface area (TPSA) is 32.3 Å². The lowest BCUT2D eigenvalue weighted by Gasteiger charge is -2.32. The average Bonchev–Trinajstić information content (AvgIpc) is 2.27. The standard InChI is InChI=1S/C12H24N2O/c1-9(2)10(3)14(4)12(15)11-6-5-7-13-8-11/h9-11,13H,5-8H2,1-4H3/t10?,11-/m0/s1. The second kappa shape index (κ2) is 5.50. The Bertz CT molecular complexity index is 210. The molecule has 0 aromatic heterocycles. The lowest BCUT2D eigenvalue weighted by atomic mass is 9.96. The fourth-order valence-corrected chi connectivity index (χ4v) is 2.00. The Morgan fingerprint density at radius 2 is 2.07 bits per heavy atom. The molecule has 1 aliphatic heterocycles. The molecule has 15 heavy (non-hydrogen) atoms. The van der Waals surface area contributed by atoms with Crippen molar-refractivity contribution in [1.29, 1.82) is 0 Å². The molecule has 0 aromatic carbocycles. The summed E-state index contributed by atoms with van der Waals surface area (Å²) in [5, 5.41) is 3.29. The van der Waals surface area contributed by atoms with Crippen molar-refractivity contribution in [2.24, 2.45) is 11.8 Å². The van der Waals surface area contributed by atoms with Gasteiger partial charge in [0.2, 0.25) is 5.91 Å². The summed E-state index contributed by atoms with van der Waals surface area (Å²) in [6.07, 6.45) is 2.17. The molecule has 0 saturated carbocycles. The van der Waals surface area contributed by atoms with E-state index < -0.39 is 0 Å². The number of hydrogen-bond donors (Lipinski definition) is 1. The molecule has 2 atom stereocenters. The molecule has 0 aromatic rings. The van der Waals surface area contributed by atoms with Gasteiger partial charge in [0, 0.05) is 19.6 Å². The van der Waals surface area contributed by atoms with Gasteiger partial charge in [0.05, 0.1) is 5.92 Å². The summed E-state index contributed by atoms with van der Waals surface area (Å²) < 4.78 is 0. The van der Waals surface area contributed by atoms with Crippen molar-refractivity contribution in [3.05, 3.63) is 0 Å².